The molecule has 2 nitrogen and oxygen atoms in total. The maximum absolute atomic E-state index is 13.1. The molecule has 0 amide bonds. The van der Waals surface area contributed by atoms with Gasteiger partial charge in [0.05, 0.1) is 4.47 Å². The van der Waals surface area contributed by atoms with Crippen LogP contribution < -0.4 is 5.32 Å². The van der Waals surface area contributed by atoms with Crippen LogP contribution in [0.5, 0.6) is 5.75 Å². The van der Waals surface area contributed by atoms with Gasteiger partial charge in [-0.05, 0) is 53.4 Å². The molecule has 2 rings (SSSR count). The Kier molecular flexibility index (Phi) is 3.82. The molecule has 0 spiro atoms. The second-order valence-corrected chi connectivity index (χ2v) is 5.10. The van der Waals surface area contributed by atoms with E-state index in [2.05, 4.69) is 21.2 Å². The zero-order valence-electron chi connectivity index (χ0n) is 8.97. The Morgan fingerprint density at radius 1 is 1.44 bits per heavy atom. The molecule has 1 aliphatic heterocycles. The van der Waals surface area contributed by atoms with Crippen molar-refractivity contribution in [1.29, 1.82) is 0 Å². The summed E-state index contributed by atoms with van der Waals surface area (Å²) >= 11 is 3.14. The first kappa shape index (κ1) is 11.9. The highest BCUT2D eigenvalue weighted by Gasteiger charge is 2.16. The van der Waals surface area contributed by atoms with E-state index in [-0.39, 0.29) is 5.75 Å². The van der Waals surface area contributed by atoms with E-state index >= 15 is 0 Å². The fourth-order valence-electron chi connectivity index (χ4n) is 2.10. The maximum Gasteiger partial charge on any atom is 0.141 e. The molecular weight excluding hydrogens is 273 g/mol. The van der Waals surface area contributed by atoms with Crippen LogP contribution in [0.4, 0.5) is 4.39 Å². The first-order valence-electron chi connectivity index (χ1n) is 5.57. The largest absolute Gasteiger partial charge is 0.508 e. The molecule has 1 aromatic carbocycles. The van der Waals surface area contributed by atoms with E-state index in [0.29, 0.717) is 10.5 Å². The third-order valence-electron chi connectivity index (χ3n) is 3.00. The molecule has 1 atom stereocenters. The Morgan fingerprint density at radius 3 is 2.94 bits per heavy atom. The summed E-state index contributed by atoms with van der Waals surface area (Å²) in [7, 11) is 0. The van der Waals surface area contributed by atoms with E-state index in [1.807, 2.05) is 0 Å². The van der Waals surface area contributed by atoms with Gasteiger partial charge in [-0.15, -0.1) is 0 Å². The van der Waals surface area contributed by atoms with E-state index in [9.17, 15) is 9.50 Å². The second-order valence-electron chi connectivity index (χ2n) is 4.25. The number of hydrogen-bond acceptors (Lipinski definition) is 2. The lowest BCUT2D eigenvalue weighted by atomic mass is 9.97. The molecule has 1 saturated heterocycles. The van der Waals surface area contributed by atoms with Gasteiger partial charge in [-0.25, -0.2) is 4.39 Å². The molecule has 1 aliphatic rings. The molecule has 0 radical (unpaired) electrons. The number of nitrogens with one attached hydrogen (secondary N) is 1. The number of halogens is 2. The smallest absolute Gasteiger partial charge is 0.141 e. The Balaban J connectivity index is 2.11. The molecule has 1 aromatic rings. The van der Waals surface area contributed by atoms with Crippen molar-refractivity contribution in [3.05, 3.63) is 28.0 Å². The minimum atomic E-state index is -0.419. The van der Waals surface area contributed by atoms with Gasteiger partial charge in [-0.2, -0.15) is 0 Å². The van der Waals surface area contributed by atoms with Gasteiger partial charge in [0.2, 0.25) is 0 Å². The zero-order valence-corrected chi connectivity index (χ0v) is 10.6. The summed E-state index contributed by atoms with van der Waals surface area (Å²) in [5, 5.41) is 13.1. The van der Waals surface area contributed by atoms with Crippen LogP contribution in [-0.4, -0.2) is 17.7 Å². The summed E-state index contributed by atoms with van der Waals surface area (Å²) in [5.41, 5.74) is 0.799. The Hall–Kier alpha value is -0.610. The van der Waals surface area contributed by atoms with E-state index in [1.54, 1.807) is 6.07 Å². The predicted molar refractivity (Wildman–Crippen MR) is 65.1 cm³/mol. The summed E-state index contributed by atoms with van der Waals surface area (Å²) in [6, 6.07) is 3.24. The predicted octanol–water partition coefficient (Wildman–Crippen LogP) is 2.98. The Morgan fingerprint density at radius 2 is 2.25 bits per heavy atom. The molecule has 1 heterocycles. The van der Waals surface area contributed by atoms with Gasteiger partial charge in [0.25, 0.3) is 0 Å². The van der Waals surface area contributed by atoms with Crippen LogP contribution in [0, 0.1) is 5.82 Å². The minimum absolute atomic E-state index is 0.0491. The van der Waals surface area contributed by atoms with Crippen molar-refractivity contribution < 1.29 is 9.50 Å². The van der Waals surface area contributed by atoms with E-state index in [0.717, 1.165) is 24.9 Å². The average molecular weight is 288 g/mol. The highest BCUT2D eigenvalue weighted by Crippen LogP contribution is 2.27. The molecule has 0 saturated carbocycles. The van der Waals surface area contributed by atoms with Crippen LogP contribution in [0.1, 0.15) is 24.8 Å². The van der Waals surface area contributed by atoms with Gasteiger partial charge < -0.3 is 10.4 Å². The molecule has 0 aromatic heterocycles. The number of piperidine rings is 1. The summed E-state index contributed by atoms with van der Waals surface area (Å²) in [6.45, 7) is 1.04. The number of rotatable bonds is 2. The van der Waals surface area contributed by atoms with Gasteiger partial charge in [0.15, 0.2) is 0 Å². The van der Waals surface area contributed by atoms with Crippen LogP contribution in [0.3, 0.4) is 0 Å². The van der Waals surface area contributed by atoms with Crippen molar-refractivity contribution >= 4 is 15.9 Å². The van der Waals surface area contributed by atoms with Gasteiger partial charge in [0, 0.05) is 12.1 Å². The van der Waals surface area contributed by atoms with Crippen LogP contribution in [0.2, 0.25) is 0 Å². The van der Waals surface area contributed by atoms with Crippen LogP contribution in [-0.2, 0) is 6.42 Å². The Bertz CT molecular complexity index is 378. The standard InChI is InChI=1S/C12H15BrFNO/c13-10-6-8(12(16)7-11(10)14)5-9-3-1-2-4-15-9/h6-7,9,15-16H,1-5H2. The maximum atomic E-state index is 13.1. The minimum Gasteiger partial charge on any atom is -0.508 e. The summed E-state index contributed by atoms with van der Waals surface area (Å²) in [4.78, 5) is 0. The van der Waals surface area contributed by atoms with Gasteiger partial charge in [0.1, 0.15) is 11.6 Å². The highest BCUT2D eigenvalue weighted by atomic mass is 79.9. The lowest BCUT2D eigenvalue weighted by Crippen LogP contribution is -2.35. The number of hydrogen-bond donors (Lipinski definition) is 2. The normalized spacial score (nSPS) is 21.0. The molecular formula is C12H15BrFNO. The number of phenolic OH excluding ortho intramolecular Hbond substituents is 1. The third-order valence-corrected chi connectivity index (χ3v) is 3.61. The Labute approximate surface area is 103 Å². The lowest BCUT2D eigenvalue weighted by molar-refractivity contribution is 0.391. The molecule has 4 heteroatoms. The van der Waals surface area contributed by atoms with Crippen LogP contribution in [0.15, 0.2) is 16.6 Å². The van der Waals surface area contributed by atoms with Crippen molar-refractivity contribution in [3.63, 3.8) is 0 Å². The molecule has 0 bridgehead atoms. The van der Waals surface area contributed by atoms with Gasteiger partial charge in [-0.3, -0.25) is 0 Å². The quantitative estimate of drug-likeness (QED) is 0.877. The van der Waals surface area contributed by atoms with Gasteiger partial charge in [-0.1, -0.05) is 6.42 Å². The molecule has 88 valence electrons. The molecule has 0 aliphatic carbocycles. The number of aromatic hydroxyl groups is 1. The van der Waals surface area contributed by atoms with Crippen molar-refractivity contribution in [2.45, 2.75) is 31.7 Å². The summed E-state index contributed by atoms with van der Waals surface area (Å²) in [6.07, 6.45) is 4.32. The van der Waals surface area contributed by atoms with Gasteiger partial charge >= 0.3 is 0 Å². The third kappa shape index (κ3) is 2.74. The molecule has 16 heavy (non-hydrogen) atoms. The van der Waals surface area contributed by atoms with Crippen LogP contribution >= 0.6 is 15.9 Å². The van der Waals surface area contributed by atoms with E-state index in [4.69, 9.17) is 0 Å². The van der Waals surface area contributed by atoms with Crippen molar-refractivity contribution in [2.75, 3.05) is 6.54 Å². The topological polar surface area (TPSA) is 32.3 Å². The second kappa shape index (κ2) is 5.15. The fraction of sp³-hybridized carbons (Fsp3) is 0.500. The van der Waals surface area contributed by atoms with Crippen molar-refractivity contribution in [2.24, 2.45) is 0 Å². The van der Waals surface area contributed by atoms with E-state index < -0.39 is 5.82 Å². The first-order valence-corrected chi connectivity index (χ1v) is 6.36. The van der Waals surface area contributed by atoms with Crippen LogP contribution in [0.25, 0.3) is 0 Å². The number of phenols is 1. The zero-order chi connectivity index (χ0) is 11.5. The molecule has 1 unspecified atom stereocenters. The fourth-order valence-corrected chi connectivity index (χ4v) is 2.50. The molecule has 1 fully saturated rings. The van der Waals surface area contributed by atoms with Crippen molar-refractivity contribution in [1.82, 2.24) is 5.32 Å². The average Bonchev–Trinajstić information content (AvgIpc) is 2.27. The number of benzene rings is 1. The highest BCUT2D eigenvalue weighted by molar-refractivity contribution is 9.10. The monoisotopic (exact) mass is 287 g/mol. The molecule has 2 N–H and O–H groups in total. The first-order chi connectivity index (χ1) is 7.66. The summed E-state index contributed by atoms with van der Waals surface area (Å²) < 4.78 is 13.5. The summed E-state index contributed by atoms with van der Waals surface area (Å²) in [5.74, 6) is -0.370. The van der Waals surface area contributed by atoms with Crippen molar-refractivity contribution in [3.8, 4) is 5.75 Å². The SMILES string of the molecule is Oc1cc(F)c(Br)cc1CC1CCCCN1. The van der Waals surface area contributed by atoms with E-state index in [1.165, 1.54) is 18.9 Å². The lowest BCUT2D eigenvalue weighted by Gasteiger charge is -2.23.